The van der Waals surface area contributed by atoms with Gasteiger partial charge in [-0.15, -0.1) is 0 Å². The molecule has 0 spiro atoms. The monoisotopic (exact) mass is 258 g/mol. The molecule has 0 atom stereocenters. The zero-order valence-electron chi connectivity index (χ0n) is 7.61. The van der Waals surface area contributed by atoms with Gasteiger partial charge in [-0.1, -0.05) is 35.3 Å². The van der Waals surface area contributed by atoms with Crippen molar-refractivity contribution >= 4 is 23.2 Å². The van der Waals surface area contributed by atoms with Gasteiger partial charge in [0.2, 0.25) is 4.33 Å². The lowest BCUT2D eigenvalue weighted by molar-refractivity contribution is -0.143. The molecular formula is C9H7Cl2F3O. The Bertz CT molecular complexity index is 332. The molecule has 0 N–H and O–H groups in total. The van der Waals surface area contributed by atoms with Gasteiger partial charge in [0.15, 0.2) is 0 Å². The number of hydrogen-bond donors (Lipinski definition) is 0. The van der Waals surface area contributed by atoms with Crippen molar-refractivity contribution in [2.45, 2.75) is 10.5 Å². The van der Waals surface area contributed by atoms with Crippen molar-refractivity contribution < 1.29 is 17.9 Å². The van der Waals surface area contributed by atoms with Gasteiger partial charge < -0.3 is 4.74 Å². The summed E-state index contributed by atoms with van der Waals surface area (Å²) in [5, 5.41) is 0. The Hall–Kier alpha value is -0.610. The van der Waals surface area contributed by atoms with Crippen LogP contribution >= 0.6 is 23.2 Å². The van der Waals surface area contributed by atoms with Crippen molar-refractivity contribution in [3.8, 4) is 5.75 Å². The first kappa shape index (κ1) is 12.5. The van der Waals surface area contributed by atoms with Crippen LogP contribution < -0.4 is 4.74 Å². The number of rotatable bonds is 2. The van der Waals surface area contributed by atoms with Crippen LogP contribution in [0.25, 0.3) is 0 Å². The predicted molar refractivity (Wildman–Crippen MR) is 52.4 cm³/mol. The lowest BCUT2D eigenvalue weighted by Gasteiger charge is -2.23. The van der Waals surface area contributed by atoms with Crippen molar-refractivity contribution in [1.29, 1.82) is 0 Å². The van der Waals surface area contributed by atoms with Crippen LogP contribution in [0.5, 0.6) is 5.75 Å². The summed E-state index contributed by atoms with van der Waals surface area (Å²) in [5.74, 6) is 0.435. The van der Waals surface area contributed by atoms with Crippen molar-refractivity contribution in [2.24, 2.45) is 0 Å². The molecule has 0 bridgehead atoms. The van der Waals surface area contributed by atoms with E-state index in [-0.39, 0.29) is 5.56 Å². The molecule has 1 aromatic carbocycles. The smallest absolute Gasteiger partial charge is 0.425 e. The Labute approximate surface area is 94.7 Å². The topological polar surface area (TPSA) is 9.23 Å². The van der Waals surface area contributed by atoms with Crippen LogP contribution in [0.2, 0.25) is 0 Å². The summed E-state index contributed by atoms with van der Waals surface area (Å²) >= 11 is 10.5. The zero-order valence-corrected chi connectivity index (χ0v) is 9.12. The normalized spacial score (nSPS) is 12.7. The third-order valence-corrected chi connectivity index (χ3v) is 2.67. The lowest BCUT2D eigenvalue weighted by Crippen LogP contribution is -2.31. The van der Waals surface area contributed by atoms with E-state index in [0.29, 0.717) is 5.75 Å². The quantitative estimate of drug-likeness (QED) is 0.732. The average molecular weight is 259 g/mol. The number of methoxy groups -OCH3 is 1. The summed E-state index contributed by atoms with van der Waals surface area (Å²) in [4.78, 5) is 0. The van der Waals surface area contributed by atoms with E-state index in [4.69, 9.17) is 27.9 Å². The molecule has 0 saturated carbocycles. The molecule has 0 fully saturated rings. The van der Waals surface area contributed by atoms with Crippen molar-refractivity contribution in [1.82, 2.24) is 0 Å². The first-order valence-corrected chi connectivity index (χ1v) is 4.63. The molecule has 0 aliphatic carbocycles. The third kappa shape index (κ3) is 2.49. The van der Waals surface area contributed by atoms with E-state index >= 15 is 0 Å². The minimum absolute atomic E-state index is 0.237. The van der Waals surface area contributed by atoms with Crippen LogP contribution in [-0.2, 0) is 4.33 Å². The van der Waals surface area contributed by atoms with Crippen LogP contribution in [0.4, 0.5) is 13.2 Å². The molecule has 0 aliphatic heterocycles. The van der Waals surface area contributed by atoms with E-state index in [0.717, 1.165) is 0 Å². The van der Waals surface area contributed by atoms with Gasteiger partial charge in [0.25, 0.3) is 0 Å². The summed E-state index contributed by atoms with van der Waals surface area (Å²) in [5.41, 5.74) is -0.237. The van der Waals surface area contributed by atoms with Crippen LogP contribution in [-0.4, -0.2) is 13.3 Å². The fourth-order valence-corrected chi connectivity index (χ4v) is 1.22. The molecule has 0 aliphatic rings. The van der Waals surface area contributed by atoms with Crippen LogP contribution in [0.1, 0.15) is 5.56 Å². The Kier molecular flexibility index (Phi) is 3.41. The highest BCUT2D eigenvalue weighted by Crippen LogP contribution is 2.48. The standard InChI is InChI=1S/C9H7Cl2F3O/c1-15-7-4-2-6(3-5-7)8(10,11)9(12,13)14/h2-5H,1H3. The number of halogens is 5. The Morgan fingerprint density at radius 3 is 1.87 bits per heavy atom. The third-order valence-electron chi connectivity index (χ3n) is 1.81. The summed E-state index contributed by atoms with van der Waals surface area (Å²) in [7, 11) is 1.41. The minimum atomic E-state index is -4.72. The maximum absolute atomic E-state index is 12.4. The average Bonchev–Trinajstić information content (AvgIpc) is 2.16. The molecule has 0 heterocycles. The first-order valence-electron chi connectivity index (χ1n) is 3.88. The lowest BCUT2D eigenvalue weighted by atomic mass is 10.1. The van der Waals surface area contributed by atoms with Gasteiger partial charge in [-0.05, 0) is 17.7 Å². The molecule has 15 heavy (non-hydrogen) atoms. The van der Waals surface area contributed by atoms with Gasteiger partial charge in [-0.2, -0.15) is 13.2 Å². The number of hydrogen-bond acceptors (Lipinski definition) is 1. The Balaban J connectivity index is 3.06. The minimum Gasteiger partial charge on any atom is -0.497 e. The highest BCUT2D eigenvalue weighted by atomic mass is 35.5. The van der Waals surface area contributed by atoms with E-state index in [1.165, 1.54) is 31.4 Å². The Morgan fingerprint density at radius 2 is 1.53 bits per heavy atom. The molecule has 0 saturated heterocycles. The maximum Gasteiger partial charge on any atom is 0.425 e. The van der Waals surface area contributed by atoms with Gasteiger partial charge in [-0.25, -0.2) is 0 Å². The largest absolute Gasteiger partial charge is 0.497 e. The molecule has 0 unspecified atom stereocenters. The van der Waals surface area contributed by atoms with Gasteiger partial charge in [0.1, 0.15) is 5.75 Å². The molecule has 0 amide bonds. The SMILES string of the molecule is COc1ccc(C(Cl)(Cl)C(F)(F)F)cc1. The number of ether oxygens (including phenoxy) is 1. The molecule has 1 rings (SSSR count). The molecule has 0 aromatic heterocycles. The predicted octanol–water partition coefficient (Wildman–Crippen LogP) is 3.89. The summed E-state index contributed by atoms with van der Waals surface area (Å²) < 4.78 is 39.1. The van der Waals surface area contributed by atoms with E-state index in [2.05, 4.69) is 0 Å². The molecule has 84 valence electrons. The van der Waals surface area contributed by atoms with Crippen molar-refractivity contribution in [3.63, 3.8) is 0 Å². The molecule has 6 heteroatoms. The van der Waals surface area contributed by atoms with Crippen LogP contribution in [0.15, 0.2) is 24.3 Å². The fourth-order valence-electron chi connectivity index (χ4n) is 0.964. The summed E-state index contributed by atoms with van der Waals surface area (Å²) in [6.07, 6.45) is -4.72. The van der Waals surface area contributed by atoms with E-state index < -0.39 is 10.5 Å². The van der Waals surface area contributed by atoms with Crippen LogP contribution in [0.3, 0.4) is 0 Å². The fraction of sp³-hybridized carbons (Fsp3) is 0.333. The Morgan fingerprint density at radius 1 is 1.07 bits per heavy atom. The highest BCUT2D eigenvalue weighted by Gasteiger charge is 2.53. The first-order chi connectivity index (χ1) is 6.79. The van der Waals surface area contributed by atoms with Gasteiger partial charge >= 0.3 is 6.18 Å². The van der Waals surface area contributed by atoms with E-state index in [1.807, 2.05) is 0 Å². The van der Waals surface area contributed by atoms with Crippen LogP contribution in [0, 0.1) is 0 Å². The second-order valence-corrected chi connectivity index (χ2v) is 4.13. The van der Waals surface area contributed by atoms with Gasteiger partial charge in [-0.3, -0.25) is 0 Å². The molecule has 0 radical (unpaired) electrons. The molecule has 1 aromatic rings. The number of benzene rings is 1. The van der Waals surface area contributed by atoms with Crippen molar-refractivity contribution in [3.05, 3.63) is 29.8 Å². The second kappa shape index (κ2) is 4.10. The summed E-state index contributed by atoms with van der Waals surface area (Å²) in [6.45, 7) is 0. The summed E-state index contributed by atoms with van der Waals surface area (Å²) in [6, 6.07) is 5.07. The maximum atomic E-state index is 12.4. The number of alkyl halides is 5. The molecular weight excluding hydrogens is 252 g/mol. The highest BCUT2D eigenvalue weighted by molar-refractivity contribution is 6.48. The second-order valence-electron chi connectivity index (χ2n) is 2.80. The zero-order chi connectivity index (χ0) is 11.7. The van der Waals surface area contributed by atoms with E-state index in [9.17, 15) is 13.2 Å². The molecule has 1 nitrogen and oxygen atoms in total. The van der Waals surface area contributed by atoms with Crippen molar-refractivity contribution in [2.75, 3.05) is 7.11 Å². The van der Waals surface area contributed by atoms with Gasteiger partial charge in [0, 0.05) is 0 Å². The van der Waals surface area contributed by atoms with E-state index in [1.54, 1.807) is 0 Å². The van der Waals surface area contributed by atoms with Gasteiger partial charge in [0.05, 0.1) is 7.11 Å².